The summed E-state index contributed by atoms with van der Waals surface area (Å²) in [6.45, 7) is 2.01. The number of carbonyl (C=O) groups is 1. The average Bonchev–Trinajstić information content (AvgIpc) is 2.83. The summed E-state index contributed by atoms with van der Waals surface area (Å²) in [6, 6.07) is 6.40. The number of nitrogens with one attached hydrogen (secondary N) is 1. The Balaban J connectivity index is 1.40. The summed E-state index contributed by atoms with van der Waals surface area (Å²) in [7, 11) is 3.18. The number of nitrogens with two attached hydrogens (primary N) is 1. The van der Waals surface area contributed by atoms with E-state index in [-0.39, 0.29) is 6.10 Å². The highest BCUT2D eigenvalue weighted by Gasteiger charge is 2.39. The van der Waals surface area contributed by atoms with Crippen molar-refractivity contribution in [3.8, 4) is 11.5 Å². The summed E-state index contributed by atoms with van der Waals surface area (Å²) < 4.78 is 16.5. The second-order valence-electron chi connectivity index (χ2n) is 9.78. The quantitative estimate of drug-likeness (QED) is 0.335. The van der Waals surface area contributed by atoms with Gasteiger partial charge in [0.2, 0.25) is 0 Å². The van der Waals surface area contributed by atoms with E-state index in [0.29, 0.717) is 29.3 Å². The van der Waals surface area contributed by atoms with Gasteiger partial charge in [-0.1, -0.05) is 44.9 Å². The molecular weight excluding hydrogens is 430 g/mol. The number of carbonyl (C=O) groups excluding carboxylic acids is 1. The Morgan fingerprint density at radius 1 is 0.971 bits per heavy atom. The van der Waals surface area contributed by atoms with E-state index in [9.17, 15) is 4.79 Å². The number of rotatable bonds is 14. The minimum atomic E-state index is -0.422. The van der Waals surface area contributed by atoms with Crippen molar-refractivity contribution in [2.24, 2.45) is 5.73 Å². The van der Waals surface area contributed by atoms with E-state index in [1.807, 2.05) is 0 Å². The molecule has 0 aliphatic carbocycles. The Bertz CT molecular complexity index is 731. The highest BCUT2D eigenvalue weighted by atomic mass is 16.6. The molecule has 7 nitrogen and oxygen atoms in total. The maximum atomic E-state index is 12.7. The summed E-state index contributed by atoms with van der Waals surface area (Å²) in [5, 5.41) is 2.84. The van der Waals surface area contributed by atoms with Crippen LogP contribution in [0.1, 0.15) is 83.5 Å². The minimum absolute atomic E-state index is 0.0309. The summed E-state index contributed by atoms with van der Waals surface area (Å²) >= 11 is 0. The standard InChI is InChI=1S/C27H45N3O4/c1-32-23-14-15-26(33-2)25(20-23)29-27(31)34-24-18-21-12-11-13-22(19-24)30(21)17-10-8-6-4-3-5-7-9-16-28/h14-15,20-22,24H,3-13,16-19,28H2,1-2H3,(H,29,31)/t21-,22+,24?. The molecule has 0 radical (unpaired) electrons. The molecular formula is C27H45N3O4. The molecule has 1 unspecified atom stereocenters. The SMILES string of the molecule is COc1ccc(OC)c(NC(=O)OC2C[C@H]3CCC[C@@H](C2)N3CCCCCCCCCCN)c1. The third-order valence-corrected chi connectivity index (χ3v) is 7.37. The number of hydrogen-bond acceptors (Lipinski definition) is 6. The molecule has 3 rings (SSSR count). The molecule has 3 atom stereocenters. The lowest BCUT2D eigenvalue weighted by Crippen LogP contribution is -2.54. The number of methoxy groups -OCH3 is 2. The van der Waals surface area contributed by atoms with Crippen molar-refractivity contribution >= 4 is 11.8 Å². The predicted molar refractivity (Wildman–Crippen MR) is 137 cm³/mol. The van der Waals surface area contributed by atoms with Crippen molar-refractivity contribution in [3.05, 3.63) is 18.2 Å². The molecule has 192 valence electrons. The normalized spacial score (nSPS) is 22.3. The van der Waals surface area contributed by atoms with Crippen LogP contribution in [-0.2, 0) is 4.74 Å². The van der Waals surface area contributed by atoms with Gasteiger partial charge in [0.05, 0.1) is 19.9 Å². The lowest BCUT2D eigenvalue weighted by Gasteiger charge is -2.48. The van der Waals surface area contributed by atoms with Gasteiger partial charge in [-0.05, 0) is 50.9 Å². The fraction of sp³-hybridized carbons (Fsp3) is 0.741. The van der Waals surface area contributed by atoms with Crippen LogP contribution in [-0.4, -0.2) is 56.5 Å². The molecule has 7 heteroatoms. The fourth-order valence-electron chi connectivity index (χ4n) is 5.59. The van der Waals surface area contributed by atoms with Crippen LogP contribution in [0.15, 0.2) is 18.2 Å². The second-order valence-corrected chi connectivity index (χ2v) is 9.78. The van der Waals surface area contributed by atoms with E-state index in [4.69, 9.17) is 19.9 Å². The molecule has 1 aromatic rings. The largest absolute Gasteiger partial charge is 0.497 e. The minimum Gasteiger partial charge on any atom is -0.497 e. The third-order valence-electron chi connectivity index (χ3n) is 7.37. The van der Waals surface area contributed by atoms with Crippen molar-refractivity contribution in [3.63, 3.8) is 0 Å². The number of anilines is 1. The van der Waals surface area contributed by atoms with Gasteiger partial charge in [-0.15, -0.1) is 0 Å². The molecule has 3 N–H and O–H groups in total. The first kappa shape index (κ1) is 26.6. The number of ether oxygens (including phenoxy) is 3. The summed E-state index contributed by atoms with van der Waals surface area (Å²) in [5.41, 5.74) is 6.12. The monoisotopic (exact) mass is 475 g/mol. The maximum Gasteiger partial charge on any atom is 0.412 e. The zero-order chi connectivity index (χ0) is 24.2. The zero-order valence-corrected chi connectivity index (χ0v) is 21.2. The van der Waals surface area contributed by atoms with Gasteiger partial charge in [0.15, 0.2) is 0 Å². The van der Waals surface area contributed by atoms with Crippen LogP contribution in [0, 0.1) is 0 Å². The first-order valence-electron chi connectivity index (χ1n) is 13.3. The van der Waals surface area contributed by atoms with Gasteiger partial charge >= 0.3 is 6.09 Å². The van der Waals surface area contributed by atoms with Crippen LogP contribution >= 0.6 is 0 Å². The van der Waals surface area contributed by atoms with E-state index in [2.05, 4.69) is 10.2 Å². The first-order valence-corrected chi connectivity index (χ1v) is 13.3. The Labute approximate surface area is 205 Å². The van der Waals surface area contributed by atoms with E-state index in [1.54, 1.807) is 32.4 Å². The van der Waals surface area contributed by atoms with E-state index in [0.717, 1.165) is 19.4 Å². The summed E-state index contributed by atoms with van der Waals surface area (Å²) in [4.78, 5) is 15.4. The molecule has 1 amide bonds. The number of fused-ring (bicyclic) bond motifs is 2. The Hall–Kier alpha value is -1.99. The van der Waals surface area contributed by atoms with Crippen LogP contribution in [0.2, 0.25) is 0 Å². The molecule has 2 bridgehead atoms. The highest BCUT2D eigenvalue weighted by molar-refractivity contribution is 5.87. The number of hydrogen-bond donors (Lipinski definition) is 2. The van der Waals surface area contributed by atoms with Crippen molar-refractivity contribution in [1.29, 1.82) is 0 Å². The van der Waals surface area contributed by atoms with Crippen LogP contribution < -0.4 is 20.5 Å². The first-order chi connectivity index (χ1) is 16.6. The molecule has 2 saturated heterocycles. The Kier molecular flexibility index (Phi) is 11.3. The number of benzene rings is 1. The fourth-order valence-corrected chi connectivity index (χ4v) is 5.59. The van der Waals surface area contributed by atoms with Crippen molar-refractivity contribution in [1.82, 2.24) is 4.90 Å². The van der Waals surface area contributed by atoms with Gasteiger partial charge in [-0.25, -0.2) is 4.79 Å². The van der Waals surface area contributed by atoms with Gasteiger partial charge in [0.1, 0.15) is 17.6 Å². The number of unbranched alkanes of at least 4 members (excludes halogenated alkanes) is 7. The highest BCUT2D eigenvalue weighted by Crippen LogP contribution is 2.36. The van der Waals surface area contributed by atoms with Crippen LogP contribution in [0.25, 0.3) is 0 Å². The average molecular weight is 476 g/mol. The van der Waals surface area contributed by atoms with Gasteiger partial charge in [0.25, 0.3) is 0 Å². The Morgan fingerprint density at radius 3 is 2.24 bits per heavy atom. The van der Waals surface area contributed by atoms with Crippen molar-refractivity contribution in [2.75, 3.05) is 32.6 Å². The maximum absolute atomic E-state index is 12.7. The van der Waals surface area contributed by atoms with Crippen LogP contribution in [0.4, 0.5) is 10.5 Å². The topological polar surface area (TPSA) is 86.1 Å². The van der Waals surface area contributed by atoms with Gasteiger partial charge < -0.3 is 19.9 Å². The van der Waals surface area contributed by atoms with Gasteiger partial charge in [-0.3, -0.25) is 10.2 Å². The molecule has 2 aliphatic rings. The molecule has 1 aromatic carbocycles. The van der Waals surface area contributed by atoms with E-state index >= 15 is 0 Å². The molecule has 0 spiro atoms. The zero-order valence-electron chi connectivity index (χ0n) is 21.2. The second kappa shape index (κ2) is 14.4. The number of nitrogens with zero attached hydrogens (tertiary/aromatic N) is 1. The van der Waals surface area contributed by atoms with E-state index < -0.39 is 6.09 Å². The predicted octanol–water partition coefficient (Wildman–Crippen LogP) is 5.72. The van der Waals surface area contributed by atoms with Crippen molar-refractivity contribution in [2.45, 2.75) is 102 Å². The molecule has 0 saturated carbocycles. The lowest BCUT2D eigenvalue weighted by atomic mass is 9.82. The number of amides is 1. The Morgan fingerprint density at radius 2 is 1.62 bits per heavy atom. The van der Waals surface area contributed by atoms with E-state index in [1.165, 1.54) is 77.2 Å². The number of piperidine rings is 2. The summed E-state index contributed by atoms with van der Waals surface area (Å²) in [6.07, 6.45) is 15.5. The molecule has 2 heterocycles. The molecule has 2 aliphatic heterocycles. The van der Waals surface area contributed by atoms with Crippen LogP contribution in [0.3, 0.4) is 0 Å². The summed E-state index contributed by atoms with van der Waals surface area (Å²) in [5.74, 6) is 1.24. The lowest BCUT2D eigenvalue weighted by molar-refractivity contribution is -0.0308. The van der Waals surface area contributed by atoms with Crippen LogP contribution in [0.5, 0.6) is 11.5 Å². The smallest absolute Gasteiger partial charge is 0.412 e. The molecule has 2 fully saturated rings. The third kappa shape index (κ3) is 8.05. The molecule has 34 heavy (non-hydrogen) atoms. The van der Waals surface area contributed by atoms with Gasteiger partial charge in [0, 0.05) is 31.0 Å². The molecule has 0 aromatic heterocycles. The van der Waals surface area contributed by atoms with Gasteiger partial charge in [-0.2, -0.15) is 0 Å². The van der Waals surface area contributed by atoms with Crippen molar-refractivity contribution < 1.29 is 19.0 Å².